The Balaban J connectivity index is 4.03. The minimum atomic E-state index is -1.14. The van der Waals surface area contributed by atoms with Crippen LogP contribution in [0, 0.1) is 0 Å². The van der Waals surface area contributed by atoms with Gasteiger partial charge in [0.25, 0.3) is 0 Å². The van der Waals surface area contributed by atoms with Gasteiger partial charge in [0.15, 0.2) is 0 Å². The number of nitrogens with one attached hydrogen (secondary N) is 1. The summed E-state index contributed by atoms with van der Waals surface area (Å²) in [5.74, 6) is 3.66. The number of carboxylic acid groups (broad SMARTS) is 1. The van der Waals surface area contributed by atoms with E-state index in [4.69, 9.17) is 10.9 Å². The molecular formula is C16H31N3O4. The summed E-state index contributed by atoms with van der Waals surface area (Å²) < 4.78 is 0. The minimum absolute atomic E-state index is 0.302. The van der Waals surface area contributed by atoms with Crippen LogP contribution in [0.25, 0.3) is 0 Å². The van der Waals surface area contributed by atoms with Crippen LogP contribution in [0.1, 0.15) is 72.1 Å². The van der Waals surface area contributed by atoms with Crippen molar-refractivity contribution in [2.75, 3.05) is 0 Å². The van der Waals surface area contributed by atoms with E-state index < -0.39 is 24.0 Å². The van der Waals surface area contributed by atoms with Gasteiger partial charge in [-0.25, -0.2) is 5.84 Å². The van der Waals surface area contributed by atoms with Crippen molar-refractivity contribution in [1.82, 2.24) is 10.3 Å². The summed E-state index contributed by atoms with van der Waals surface area (Å²) in [4.78, 5) is 34.5. The lowest BCUT2D eigenvalue weighted by Crippen LogP contribution is -2.54. The second-order valence-corrected chi connectivity index (χ2v) is 5.92. The first-order valence-corrected chi connectivity index (χ1v) is 8.41. The number of carboxylic acids is 1. The number of nitrogens with two attached hydrogens (primary N) is 1. The first kappa shape index (κ1) is 21.4. The highest BCUT2D eigenvalue weighted by molar-refractivity contribution is 5.89. The highest BCUT2D eigenvalue weighted by Crippen LogP contribution is 2.09. The summed E-state index contributed by atoms with van der Waals surface area (Å²) in [6, 6.07) is -1.91. The van der Waals surface area contributed by atoms with Crippen LogP contribution in [0.5, 0.6) is 0 Å². The van der Waals surface area contributed by atoms with Crippen LogP contribution in [-0.4, -0.2) is 40.0 Å². The zero-order chi connectivity index (χ0) is 17.8. The molecule has 7 heteroatoms. The van der Waals surface area contributed by atoms with E-state index in [-0.39, 0.29) is 5.91 Å². The van der Waals surface area contributed by atoms with E-state index in [9.17, 15) is 14.4 Å². The Morgan fingerprint density at radius 2 is 1.57 bits per heavy atom. The Hall–Kier alpha value is -1.63. The van der Waals surface area contributed by atoms with Crippen LogP contribution in [0.4, 0.5) is 0 Å². The fourth-order valence-electron chi connectivity index (χ4n) is 2.10. The van der Waals surface area contributed by atoms with Gasteiger partial charge in [-0.05, 0) is 20.3 Å². The van der Waals surface area contributed by atoms with Gasteiger partial charge in [0.05, 0.1) is 0 Å². The normalized spacial score (nSPS) is 13.2. The maximum Gasteiger partial charge on any atom is 0.325 e. The lowest BCUT2D eigenvalue weighted by atomic mass is 10.1. The Bertz CT molecular complexity index is 388. The van der Waals surface area contributed by atoms with Gasteiger partial charge in [0.2, 0.25) is 11.8 Å². The zero-order valence-corrected chi connectivity index (χ0v) is 14.5. The molecule has 0 aromatic rings. The highest BCUT2D eigenvalue weighted by atomic mass is 16.4. The van der Waals surface area contributed by atoms with E-state index in [0.717, 1.165) is 24.3 Å². The Labute approximate surface area is 138 Å². The summed E-state index contributed by atoms with van der Waals surface area (Å²) in [5.41, 5.74) is 0. The number of hydrazine groups is 1. The molecule has 4 N–H and O–H groups in total. The molecule has 2 atom stereocenters. The predicted molar refractivity (Wildman–Crippen MR) is 88.3 cm³/mol. The van der Waals surface area contributed by atoms with Crippen molar-refractivity contribution in [1.29, 1.82) is 0 Å². The monoisotopic (exact) mass is 329 g/mol. The van der Waals surface area contributed by atoms with E-state index in [1.165, 1.54) is 39.5 Å². The largest absolute Gasteiger partial charge is 0.480 e. The first-order valence-electron chi connectivity index (χ1n) is 8.41. The maximum atomic E-state index is 11.9. The molecule has 0 heterocycles. The molecule has 0 rings (SSSR count). The van der Waals surface area contributed by atoms with Crippen molar-refractivity contribution in [3.63, 3.8) is 0 Å². The van der Waals surface area contributed by atoms with Gasteiger partial charge in [-0.1, -0.05) is 45.4 Å². The third-order valence-corrected chi connectivity index (χ3v) is 3.81. The molecule has 134 valence electrons. The molecule has 0 spiro atoms. The van der Waals surface area contributed by atoms with Crippen molar-refractivity contribution < 1.29 is 19.5 Å². The van der Waals surface area contributed by atoms with Crippen LogP contribution < -0.4 is 11.2 Å². The highest BCUT2D eigenvalue weighted by Gasteiger charge is 2.25. The van der Waals surface area contributed by atoms with Crippen LogP contribution in [0.15, 0.2) is 0 Å². The number of carbonyl (C=O) groups is 3. The summed E-state index contributed by atoms with van der Waals surface area (Å²) in [7, 11) is 0. The van der Waals surface area contributed by atoms with Gasteiger partial charge >= 0.3 is 5.97 Å². The SMILES string of the molecule is CCCCCCCCCC(=O)N(N)[C@H](C)C(=O)N[C@H](C)C(=O)O. The molecule has 0 saturated carbocycles. The fourth-order valence-corrected chi connectivity index (χ4v) is 2.10. The van der Waals surface area contributed by atoms with Crippen molar-refractivity contribution in [3.05, 3.63) is 0 Å². The van der Waals surface area contributed by atoms with Crippen molar-refractivity contribution >= 4 is 17.8 Å². The van der Waals surface area contributed by atoms with E-state index in [2.05, 4.69) is 12.2 Å². The second-order valence-electron chi connectivity index (χ2n) is 5.92. The molecule has 0 radical (unpaired) electrons. The Morgan fingerprint density at radius 1 is 1.04 bits per heavy atom. The molecule has 2 amide bonds. The number of hydrogen-bond donors (Lipinski definition) is 3. The lowest BCUT2D eigenvalue weighted by molar-refractivity contribution is -0.144. The van der Waals surface area contributed by atoms with Crippen LogP contribution in [-0.2, 0) is 14.4 Å². The van der Waals surface area contributed by atoms with Gasteiger partial charge in [-0.2, -0.15) is 0 Å². The number of amides is 2. The molecule has 0 unspecified atom stereocenters. The molecule has 0 fully saturated rings. The molecule has 0 aromatic heterocycles. The average molecular weight is 329 g/mol. The number of unbranched alkanes of at least 4 members (excludes halogenated alkanes) is 6. The summed E-state index contributed by atoms with van der Waals surface area (Å²) in [6.07, 6.45) is 7.99. The average Bonchev–Trinajstić information content (AvgIpc) is 2.51. The quantitative estimate of drug-likeness (QED) is 0.219. The minimum Gasteiger partial charge on any atom is -0.480 e. The topological polar surface area (TPSA) is 113 Å². The first-order chi connectivity index (χ1) is 10.8. The third-order valence-electron chi connectivity index (χ3n) is 3.81. The molecule has 0 aliphatic heterocycles. The molecule has 0 aliphatic rings. The molecule has 0 aliphatic carbocycles. The van der Waals surface area contributed by atoms with E-state index in [1.807, 2.05) is 0 Å². The molecular weight excluding hydrogens is 298 g/mol. The van der Waals surface area contributed by atoms with Gasteiger partial charge in [-0.15, -0.1) is 0 Å². The molecule has 7 nitrogen and oxygen atoms in total. The number of hydrogen-bond acceptors (Lipinski definition) is 4. The van der Waals surface area contributed by atoms with Crippen molar-refractivity contribution in [3.8, 4) is 0 Å². The fraction of sp³-hybridized carbons (Fsp3) is 0.812. The van der Waals surface area contributed by atoms with Crippen LogP contribution in [0.3, 0.4) is 0 Å². The molecule has 23 heavy (non-hydrogen) atoms. The molecule has 0 aromatic carbocycles. The standard InChI is InChI=1S/C16H31N3O4/c1-4-5-6-7-8-9-10-11-14(20)19(17)13(3)15(21)18-12(2)16(22)23/h12-13H,4-11,17H2,1-3H3,(H,18,21)(H,22,23)/t12-,13-/m1/s1. The molecule has 0 saturated heterocycles. The van der Waals surface area contributed by atoms with Crippen molar-refractivity contribution in [2.24, 2.45) is 5.84 Å². The number of rotatable bonds is 12. The van der Waals surface area contributed by atoms with Gasteiger partial charge in [0.1, 0.15) is 12.1 Å². The van der Waals surface area contributed by atoms with E-state index >= 15 is 0 Å². The second kappa shape index (κ2) is 11.9. The maximum absolute atomic E-state index is 11.9. The molecule has 0 bridgehead atoms. The predicted octanol–water partition coefficient (Wildman–Crippen LogP) is 1.81. The van der Waals surface area contributed by atoms with Crippen LogP contribution in [0.2, 0.25) is 0 Å². The van der Waals surface area contributed by atoms with E-state index in [0.29, 0.717) is 6.42 Å². The van der Waals surface area contributed by atoms with Crippen molar-refractivity contribution in [2.45, 2.75) is 84.2 Å². The summed E-state index contributed by atoms with van der Waals surface area (Å²) in [5, 5.41) is 11.9. The van der Waals surface area contributed by atoms with Gasteiger partial charge in [-0.3, -0.25) is 19.4 Å². The number of nitrogens with zero attached hydrogens (tertiary/aromatic N) is 1. The van der Waals surface area contributed by atoms with Crippen LogP contribution >= 0.6 is 0 Å². The lowest BCUT2D eigenvalue weighted by Gasteiger charge is -2.24. The summed E-state index contributed by atoms with van der Waals surface area (Å²) >= 11 is 0. The Kier molecular flexibility index (Phi) is 11.0. The number of carbonyl (C=O) groups excluding carboxylic acids is 2. The van der Waals surface area contributed by atoms with Gasteiger partial charge < -0.3 is 10.4 Å². The summed E-state index contributed by atoms with van der Waals surface area (Å²) in [6.45, 7) is 5.00. The third kappa shape index (κ3) is 9.18. The number of aliphatic carboxylic acids is 1. The Morgan fingerprint density at radius 3 is 2.09 bits per heavy atom. The smallest absolute Gasteiger partial charge is 0.325 e. The van der Waals surface area contributed by atoms with E-state index in [1.54, 1.807) is 0 Å². The zero-order valence-electron chi connectivity index (χ0n) is 14.5. The van der Waals surface area contributed by atoms with Gasteiger partial charge in [0, 0.05) is 6.42 Å².